The highest BCUT2D eigenvalue weighted by molar-refractivity contribution is 6.30. The number of aliphatic hydroxyl groups excluding tert-OH is 2. The maximum absolute atomic E-state index is 10.4. The normalized spacial score (nSPS) is 12.4. The van der Waals surface area contributed by atoms with Gasteiger partial charge in [0, 0.05) is 30.2 Å². The van der Waals surface area contributed by atoms with Crippen LogP contribution in [0.1, 0.15) is 17.2 Å². The van der Waals surface area contributed by atoms with Crippen molar-refractivity contribution < 1.29 is 14.9 Å². The lowest BCUT2D eigenvalue weighted by Crippen LogP contribution is -2.31. The Morgan fingerprint density at radius 2 is 1.83 bits per heavy atom. The molecule has 0 fully saturated rings. The Labute approximate surface area is 141 Å². The van der Waals surface area contributed by atoms with E-state index in [4.69, 9.17) is 16.3 Å². The third kappa shape index (κ3) is 5.22. The van der Waals surface area contributed by atoms with Crippen molar-refractivity contribution in [3.63, 3.8) is 0 Å². The van der Waals surface area contributed by atoms with Crippen LogP contribution in [0, 0.1) is 0 Å². The smallest absolute Gasteiger partial charge is 0.123 e. The quantitative estimate of drug-likeness (QED) is 0.779. The lowest BCUT2D eigenvalue weighted by atomic mass is 10.1. The number of rotatable bonds is 8. The molecule has 0 amide bonds. The highest BCUT2D eigenvalue weighted by Crippen LogP contribution is 2.22. The van der Waals surface area contributed by atoms with Gasteiger partial charge in [0.1, 0.15) is 5.75 Å². The molecule has 5 heteroatoms. The fraction of sp³-hybridized carbons (Fsp3) is 0.333. The van der Waals surface area contributed by atoms with Crippen molar-refractivity contribution in [3.05, 3.63) is 64.7 Å². The summed E-state index contributed by atoms with van der Waals surface area (Å²) in [6.07, 6.45) is -0.645. The van der Waals surface area contributed by atoms with Crippen LogP contribution in [0.5, 0.6) is 5.75 Å². The molecule has 0 spiro atoms. The Hall–Kier alpha value is -1.59. The first-order valence-corrected chi connectivity index (χ1v) is 7.90. The summed E-state index contributed by atoms with van der Waals surface area (Å²) in [7, 11) is 1.64. The molecule has 23 heavy (non-hydrogen) atoms. The highest BCUT2D eigenvalue weighted by atomic mass is 35.5. The van der Waals surface area contributed by atoms with E-state index < -0.39 is 6.10 Å². The molecular formula is C18H22ClNO3. The zero-order valence-corrected chi connectivity index (χ0v) is 13.9. The van der Waals surface area contributed by atoms with E-state index in [-0.39, 0.29) is 6.61 Å². The predicted octanol–water partition coefficient (Wildman–Crippen LogP) is 2.88. The maximum atomic E-state index is 10.4. The molecule has 0 aliphatic heterocycles. The summed E-state index contributed by atoms with van der Waals surface area (Å²) >= 11 is 5.87. The number of benzene rings is 2. The van der Waals surface area contributed by atoms with Crippen LogP contribution in [0.2, 0.25) is 5.02 Å². The summed E-state index contributed by atoms with van der Waals surface area (Å²) < 4.78 is 5.36. The number of hydrogen-bond donors (Lipinski definition) is 2. The van der Waals surface area contributed by atoms with Gasteiger partial charge in [-0.2, -0.15) is 0 Å². The summed E-state index contributed by atoms with van der Waals surface area (Å²) in [5.41, 5.74) is 1.82. The van der Waals surface area contributed by atoms with Gasteiger partial charge in [-0.05, 0) is 23.8 Å². The summed E-state index contributed by atoms with van der Waals surface area (Å²) in [5.74, 6) is 0.802. The largest absolute Gasteiger partial charge is 0.496 e. The Kier molecular flexibility index (Phi) is 6.86. The molecule has 2 aromatic carbocycles. The average molecular weight is 336 g/mol. The van der Waals surface area contributed by atoms with Gasteiger partial charge >= 0.3 is 0 Å². The molecule has 124 valence electrons. The zero-order valence-electron chi connectivity index (χ0n) is 13.2. The van der Waals surface area contributed by atoms with Gasteiger partial charge in [0.25, 0.3) is 0 Å². The zero-order chi connectivity index (χ0) is 16.7. The molecule has 0 bridgehead atoms. The number of aliphatic hydroxyl groups is 2. The number of hydrogen-bond acceptors (Lipinski definition) is 4. The van der Waals surface area contributed by atoms with Crippen LogP contribution in [0.15, 0.2) is 48.5 Å². The second-order valence-electron chi connectivity index (χ2n) is 5.34. The molecule has 0 heterocycles. The number of nitrogens with zero attached hydrogens (tertiary/aromatic N) is 1. The third-order valence-electron chi connectivity index (χ3n) is 3.69. The lowest BCUT2D eigenvalue weighted by molar-refractivity contribution is 0.0951. The van der Waals surface area contributed by atoms with Crippen molar-refractivity contribution in [3.8, 4) is 5.75 Å². The minimum Gasteiger partial charge on any atom is -0.496 e. The van der Waals surface area contributed by atoms with Gasteiger partial charge in [-0.1, -0.05) is 41.9 Å². The number of ether oxygens (including phenoxy) is 1. The highest BCUT2D eigenvalue weighted by Gasteiger charge is 2.15. The molecular weight excluding hydrogens is 314 g/mol. The van der Waals surface area contributed by atoms with Crippen molar-refractivity contribution in [2.24, 2.45) is 0 Å². The Bertz CT molecular complexity index is 603. The predicted molar refractivity (Wildman–Crippen MR) is 91.8 cm³/mol. The molecule has 0 aromatic heterocycles. The van der Waals surface area contributed by atoms with Crippen LogP contribution in [0.4, 0.5) is 0 Å². The first-order chi connectivity index (χ1) is 11.1. The lowest BCUT2D eigenvalue weighted by Gasteiger charge is -2.25. The van der Waals surface area contributed by atoms with E-state index in [2.05, 4.69) is 0 Å². The van der Waals surface area contributed by atoms with Crippen LogP contribution in [-0.4, -0.2) is 41.9 Å². The molecule has 0 saturated heterocycles. The Morgan fingerprint density at radius 1 is 1.13 bits per heavy atom. The molecule has 0 aliphatic rings. The van der Waals surface area contributed by atoms with Crippen molar-refractivity contribution in [2.75, 3.05) is 26.8 Å². The first-order valence-electron chi connectivity index (χ1n) is 7.52. The second-order valence-corrected chi connectivity index (χ2v) is 5.77. The van der Waals surface area contributed by atoms with Gasteiger partial charge in [0.2, 0.25) is 0 Å². The van der Waals surface area contributed by atoms with E-state index in [0.717, 1.165) is 16.9 Å². The fourth-order valence-electron chi connectivity index (χ4n) is 2.49. The molecule has 0 radical (unpaired) electrons. The molecule has 2 rings (SSSR count). The Balaban J connectivity index is 2.07. The van der Waals surface area contributed by atoms with Crippen LogP contribution in [0.3, 0.4) is 0 Å². The first kappa shape index (κ1) is 17.8. The Morgan fingerprint density at radius 3 is 2.48 bits per heavy atom. The van der Waals surface area contributed by atoms with Crippen molar-refractivity contribution in [2.45, 2.75) is 12.6 Å². The summed E-state index contributed by atoms with van der Waals surface area (Å²) in [6.45, 7) is 1.51. The van der Waals surface area contributed by atoms with Crippen LogP contribution >= 0.6 is 11.6 Å². The third-order valence-corrected chi connectivity index (χ3v) is 3.94. The van der Waals surface area contributed by atoms with E-state index in [1.54, 1.807) is 19.2 Å². The van der Waals surface area contributed by atoms with Crippen LogP contribution in [-0.2, 0) is 6.54 Å². The maximum Gasteiger partial charge on any atom is 0.123 e. The van der Waals surface area contributed by atoms with E-state index in [0.29, 0.717) is 24.7 Å². The minimum absolute atomic E-state index is 0.0302. The van der Waals surface area contributed by atoms with Crippen molar-refractivity contribution in [1.29, 1.82) is 0 Å². The van der Waals surface area contributed by atoms with Gasteiger partial charge in [0.15, 0.2) is 0 Å². The van der Waals surface area contributed by atoms with Gasteiger partial charge in [-0.3, -0.25) is 4.90 Å². The fourth-order valence-corrected chi connectivity index (χ4v) is 2.61. The number of methoxy groups -OCH3 is 1. The van der Waals surface area contributed by atoms with Crippen LogP contribution in [0.25, 0.3) is 0 Å². The van der Waals surface area contributed by atoms with Crippen molar-refractivity contribution >= 4 is 11.6 Å². The summed E-state index contributed by atoms with van der Waals surface area (Å²) in [6, 6.07) is 14.9. The van der Waals surface area contributed by atoms with E-state index >= 15 is 0 Å². The summed E-state index contributed by atoms with van der Waals surface area (Å²) in [5, 5.41) is 20.3. The van der Waals surface area contributed by atoms with Crippen molar-refractivity contribution in [1.82, 2.24) is 4.90 Å². The topological polar surface area (TPSA) is 52.9 Å². The minimum atomic E-state index is -0.645. The molecule has 2 aromatic rings. The molecule has 0 saturated carbocycles. The monoisotopic (exact) mass is 335 g/mol. The van der Waals surface area contributed by atoms with Gasteiger partial charge < -0.3 is 14.9 Å². The molecule has 1 atom stereocenters. The second kappa shape index (κ2) is 8.89. The van der Waals surface area contributed by atoms with E-state index in [1.807, 2.05) is 41.3 Å². The van der Waals surface area contributed by atoms with Crippen LogP contribution < -0.4 is 4.74 Å². The van der Waals surface area contributed by atoms with Gasteiger partial charge in [-0.25, -0.2) is 0 Å². The molecule has 1 unspecified atom stereocenters. The number of halogens is 1. The number of para-hydroxylation sites is 1. The average Bonchev–Trinajstić information content (AvgIpc) is 2.56. The molecule has 0 aliphatic carbocycles. The standard InChI is InChI=1S/C18H22ClNO3/c1-23-18-5-3-2-4-15(18)12-20(10-11-21)13-17(22)14-6-8-16(19)9-7-14/h2-9,17,21-22H,10-13H2,1H3. The van der Waals surface area contributed by atoms with Gasteiger partial charge in [0.05, 0.1) is 19.8 Å². The van der Waals surface area contributed by atoms with E-state index in [9.17, 15) is 10.2 Å². The molecule has 2 N–H and O–H groups in total. The van der Waals surface area contributed by atoms with Gasteiger partial charge in [-0.15, -0.1) is 0 Å². The SMILES string of the molecule is COc1ccccc1CN(CCO)CC(O)c1ccc(Cl)cc1. The summed E-state index contributed by atoms with van der Waals surface area (Å²) in [4.78, 5) is 2.00. The van der Waals surface area contributed by atoms with E-state index in [1.165, 1.54) is 0 Å². The molecule has 4 nitrogen and oxygen atoms in total.